The van der Waals surface area contributed by atoms with Crippen LogP contribution in [0.2, 0.25) is 0 Å². The summed E-state index contributed by atoms with van der Waals surface area (Å²) in [6.45, 7) is 3.39. The number of fused-ring (bicyclic) bond motifs is 1. The first-order chi connectivity index (χ1) is 12.5. The van der Waals surface area contributed by atoms with E-state index in [0.29, 0.717) is 11.2 Å². The minimum absolute atomic E-state index is 0.211. The average molecular weight is 384 g/mol. The molecule has 1 heterocycles. The second kappa shape index (κ2) is 11.7. The average Bonchev–Trinajstić information content (AvgIpc) is 3.09. The summed E-state index contributed by atoms with van der Waals surface area (Å²) < 4.78 is 0. The number of aliphatic hydroxyl groups excluding tert-OH is 2. The summed E-state index contributed by atoms with van der Waals surface area (Å²) in [4.78, 5) is 2.27. The van der Waals surface area contributed by atoms with Crippen molar-refractivity contribution in [2.75, 3.05) is 20.6 Å². The Morgan fingerprint density at radius 2 is 1.92 bits per heavy atom. The van der Waals surface area contributed by atoms with E-state index >= 15 is 0 Å². The third kappa shape index (κ3) is 7.18. The zero-order chi connectivity index (χ0) is 18.9. The fraction of sp³-hybridized carbons (Fsp3) is 0.909. The van der Waals surface area contributed by atoms with Crippen LogP contribution in [0.4, 0.5) is 0 Å². The van der Waals surface area contributed by atoms with Crippen LogP contribution in [-0.4, -0.2) is 58.5 Å². The molecular formula is C22H41NO2S. The predicted octanol–water partition coefficient (Wildman–Crippen LogP) is 4.48. The van der Waals surface area contributed by atoms with E-state index in [4.69, 9.17) is 0 Å². The number of thioether (sulfide) groups is 1. The second-order valence-electron chi connectivity index (χ2n) is 8.68. The maximum atomic E-state index is 10.5. The van der Waals surface area contributed by atoms with Gasteiger partial charge in [-0.25, -0.2) is 0 Å². The van der Waals surface area contributed by atoms with E-state index in [0.717, 1.165) is 24.5 Å². The summed E-state index contributed by atoms with van der Waals surface area (Å²) in [7, 11) is 4.29. The molecule has 152 valence electrons. The topological polar surface area (TPSA) is 43.7 Å². The minimum atomic E-state index is -0.339. The molecule has 0 aromatic heterocycles. The SMILES string of the molecule is CCCCC[C@H](O)C=C[C@@H]1[C@H]2C[C@H](CCCCCN(C)C)S[C@H]2C[C@H]1O. The highest BCUT2D eigenvalue weighted by Crippen LogP contribution is 2.52. The van der Waals surface area contributed by atoms with Gasteiger partial charge in [-0.2, -0.15) is 11.8 Å². The summed E-state index contributed by atoms with van der Waals surface area (Å²) in [5, 5.41) is 22.0. The number of hydrogen-bond donors (Lipinski definition) is 2. The van der Waals surface area contributed by atoms with Crippen molar-refractivity contribution in [1.29, 1.82) is 0 Å². The molecule has 2 aliphatic rings. The van der Waals surface area contributed by atoms with E-state index in [9.17, 15) is 10.2 Å². The van der Waals surface area contributed by atoms with Gasteiger partial charge in [0.2, 0.25) is 0 Å². The minimum Gasteiger partial charge on any atom is -0.392 e. The molecule has 0 spiro atoms. The van der Waals surface area contributed by atoms with Crippen LogP contribution in [-0.2, 0) is 0 Å². The van der Waals surface area contributed by atoms with Crippen LogP contribution in [0, 0.1) is 11.8 Å². The van der Waals surface area contributed by atoms with E-state index in [1.165, 1.54) is 51.5 Å². The summed E-state index contributed by atoms with van der Waals surface area (Å²) in [5.41, 5.74) is 0. The number of aliphatic hydroxyl groups is 2. The van der Waals surface area contributed by atoms with Gasteiger partial charge in [-0.15, -0.1) is 0 Å². The van der Waals surface area contributed by atoms with Gasteiger partial charge in [0.15, 0.2) is 0 Å². The standard InChI is InChI=1S/C22H41NO2S/c1-4-5-7-10-17(24)12-13-19-20-15-18(26-22(20)16-21(19)25)11-8-6-9-14-23(2)3/h12-13,17-22,24-25H,4-11,14-16H2,1-3H3/t17-,18-,19+,20+,21+,22-/m0/s1. The number of unbranched alkanes of at least 4 members (excludes halogenated alkanes) is 4. The first-order valence-electron chi connectivity index (χ1n) is 10.9. The second-order valence-corrected chi connectivity index (χ2v) is 10.2. The quantitative estimate of drug-likeness (QED) is 0.385. The van der Waals surface area contributed by atoms with Gasteiger partial charge in [0.25, 0.3) is 0 Å². The molecule has 0 amide bonds. The van der Waals surface area contributed by atoms with Gasteiger partial charge < -0.3 is 15.1 Å². The Kier molecular flexibility index (Phi) is 10.0. The first kappa shape index (κ1) is 22.3. The Morgan fingerprint density at radius 3 is 2.65 bits per heavy atom. The van der Waals surface area contributed by atoms with Crippen molar-refractivity contribution in [3.8, 4) is 0 Å². The molecule has 2 rings (SSSR count). The molecule has 6 atom stereocenters. The molecule has 4 heteroatoms. The molecule has 2 fully saturated rings. The highest BCUT2D eigenvalue weighted by atomic mass is 32.2. The fourth-order valence-corrected chi connectivity index (χ4v) is 6.50. The molecule has 1 aliphatic heterocycles. The van der Waals surface area contributed by atoms with Gasteiger partial charge in [0.1, 0.15) is 0 Å². The van der Waals surface area contributed by atoms with Crippen LogP contribution in [0.25, 0.3) is 0 Å². The van der Waals surface area contributed by atoms with Crippen molar-refractivity contribution in [2.24, 2.45) is 11.8 Å². The van der Waals surface area contributed by atoms with E-state index in [-0.39, 0.29) is 18.1 Å². The lowest BCUT2D eigenvalue weighted by Gasteiger charge is -2.19. The highest BCUT2D eigenvalue weighted by molar-refractivity contribution is 8.00. The van der Waals surface area contributed by atoms with Crippen LogP contribution in [0.15, 0.2) is 12.2 Å². The third-order valence-electron chi connectivity index (χ3n) is 6.08. The molecule has 1 saturated carbocycles. The number of nitrogens with zero attached hydrogens (tertiary/aromatic N) is 1. The van der Waals surface area contributed by atoms with E-state index in [1.807, 2.05) is 6.08 Å². The maximum absolute atomic E-state index is 10.5. The lowest BCUT2D eigenvalue weighted by molar-refractivity contribution is 0.138. The van der Waals surface area contributed by atoms with Crippen LogP contribution in [0.3, 0.4) is 0 Å². The van der Waals surface area contributed by atoms with Crippen LogP contribution in [0.1, 0.15) is 71.1 Å². The zero-order valence-corrected chi connectivity index (χ0v) is 18.0. The highest BCUT2D eigenvalue weighted by Gasteiger charge is 2.47. The van der Waals surface area contributed by atoms with Crippen molar-refractivity contribution in [3.63, 3.8) is 0 Å². The molecule has 26 heavy (non-hydrogen) atoms. The van der Waals surface area contributed by atoms with E-state index in [1.54, 1.807) is 0 Å². The Hall–Kier alpha value is -0.0300. The summed E-state index contributed by atoms with van der Waals surface area (Å²) in [6, 6.07) is 0. The Labute approximate surface area is 165 Å². The molecule has 0 radical (unpaired) electrons. The molecule has 0 aromatic carbocycles. The fourth-order valence-electron chi connectivity index (χ4n) is 4.56. The molecule has 3 nitrogen and oxygen atoms in total. The predicted molar refractivity (Wildman–Crippen MR) is 114 cm³/mol. The molecule has 0 bridgehead atoms. The van der Waals surface area contributed by atoms with E-state index < -0.39 is 0 Å². The Morgan fingerprint density at radius 1 is 1.12 bits per heavy atom. The van der Waals surface area contributed by atoms with Crippen LogP contribution in [0.5, 0.6) is 0 Å². The van der Waals surface area contributed by atoms with Gasteiger partial charge in [-0.1, -0.05) is 51.2 Å². The largest absolute Gasteiger partial charge is 0.392 e. The van der Waals surface area contributed by atoms with E-state index in [2.05, 4.69) is 43.8 Å². The van der Waals surface area contributed by atoms with Crippen molar-refractivity contribution in [2.45, 2.75) is 93.8 Å². The molecule has 1 aliphatic carbocycles. The normalized spacial score (nSPS) is 32.6. The number of rotatable bonds is 12. The first-order valence-corrected chi connectivity index (χ1v) is 11.8. The van der Waals surface area contributed by atoms with Gasteiger partial charge in [-0.3, -0.25) is 0 Å². The van der Waals surface area contributed by atoms with Gasteiger partial charge >= 0.3 is 0 Å². The monoisotopic (exact) mass is 383 g/mol. The Balaban J connectivity index is 1.72. The maximum Gasteiger partial charge on any atom is 0.0721 e. The van der Waals surface area contributed by atoms with Crippen LogP contribution >= 0.6 is 11.8 Å². The molecule has 1 saturated heterocycles. The molecular weight excluding hydrogens is 342 g/mol. The molecule has 0 aromatic rings. The van der Waals surface area contributed by atoms with Crippen molar-refractivity contribution < 1.29 is 10.2 Å². The lowest BCUT2D eigenvalue weighted by atomic mass is 9.89. The Bertz CT molecular complexity index is 415. The smallest absolute Gasteiger partial charge is 0.0721 e. The summed E-state index contributed by atoms with van der Waals surface area (Å²) in [5.74, 6) is 0.868. The van der Waals surface area contributed by atoms with Crippen molar-refractivity contribution >= 4 is 11.8 Å². The van der Waals surface area contributed by atoms with Crippen LogP contribution < -0.4 is 0 Å². The number of hydrogen-bond acceptors (Lipinski definition) is 4. The molecule has 0 unspecified atom stereocenters. The van der Waals surface area contributed by atoms with Crippen molar-refractivity contribution in [3.05, 3.63) is 12.2 Å². The van der Waals surface area contributed by atoms with Crippen molar-refractivity contribution in [1.82, 2.24) is 4.90 Å². The molecule has 2 N–H and O–H groups in total. The lowest BCUT2D eigenvalue weighted by Crippen LogP contribution is -2.19. The summed E-state index contributed by atoms with van der Waals surface area (Å²) >= 11 is 2.14. The van der Waals surface area contributed by atoms with Gasteiger partial charge in [0, 0.05) is 16.4 Å². The zero-order valence-electron chi connectivity index (χ0n) is 17.1. The third-order valence-corrected chi connectivity index (χ3v) is 7.79. The van der Waals surface area contributed by atoms with Gasteiger partial charge in [-0.05, 0) is 58.7 Å². The van der Waals surface area contributed by atoms with Gasteiger partial charge in [0.05, 0.1) is 12.2 Å². The summed E-state index contributed by atoms with van der Waals surface area (Å²) in [6.07, 6.45) is 15.4.